The zero-order chi connectivity index (χ0) is 19.9. The second-order valence-electron chi connectivity index (χ2n) is 6.04. The summed E-state index contributed by atoms with van der Waals surface area (Å²) in [5, 5.41) is 9.33. The third-order valence-electron chi connectivity index (χ3n) is 4.28. The van der Waals surface area contributed by atoms with E-state index in [9.17, 15) is 4.79 Å². The molecule has 1 heterocycles. The van der Waals surface area contributed by atoms with Gasteiger partial charge in [-0.3, -0.25) is 0 Å². The highest BCUT2D eigenvalue weighted by Gasteiger charge is 2.16. The van der Waals surface area contributed by atoms with Gasteiger partial charge in [-0.1, -0.05) is 18.2 Å². The van der Waals surface area contributed by atoms with Crippen LogP contribution in [0.5, 0.6) is 11.5 Å². The first-order valence-electron chi connectivity index (χ1n) is 8.84. The minimum Gasteiger partial charge on any atom is -0.493 e. The molecule has 0 aliphatic rings. The topological polar surface area (TPSA) is 81.4 Å². The maximum absolute atomic E-state index is 12.7. The number of hydrogen-bond acceptors (Lipinski definition) is 6. The molecular weight excluding hydrogens is 356 g/mol. The number of carbonyl (C=O) groups excluding carboxylic acids is 1. The number of methoxy groups -OCH3 is 2. The Balaban J connectivity index is 2.03. The quantitative estimate of drug-likeness (QED) is 0.450. The Morgan fingerprint density at radius 2 is 1.86 bits per heavy atom. The van der Waals surface area contributed by atoms with Gasteiger partial charge in [-0.25, -0.2) is 9.78 Å². The molecule has 0 aliphatic heterocycles. The molecule has 0 atom stereocenters. The van der Waals surface area contributed by atoms with Crippen molar-refractivity contribution in [2.75, 3.05) is 20.8 Å². The molecule has 0 radical (unpaired) electrons. The van der Waals surface area contributed by atoms with Crippen LogP contribution in [0.3, 0.4) is 0 Å². The summed E-state index contributed by atoms with van der Waals surface area (Å²) in [6.45, 7) is 0.203. The molecule has 0 saturated carbocycles. The molecule has 6 nitrogen and oxygen atoms in total. The number of fused-ring (bicyclic) bond motifs is 1. The van der Waals surface area contributed by atoms with Crippen LogP contribution >= 0.6 is 0 Å². The fraction of sp³-hybridized carbons (Fsp3) is 0.227. The third kappa shape index (κ3) is 4.04. The van der Waals surface area contributed by atoms with Gasteiger partial charge in [-0.2, -0.15) is 5.26 Å². The van der Waals surface area contributed by atoms with Crippen molar-refractivity contribution < 1.29 is 19.0 Å². The zero-order valence-corrected chi connectivity index (χ0v) is 15.8. The van der Waals surface area contributed by atoms with Gasteiger partial charge >= 0.3 is 5.97 Å². The Labute approximate surface area is 163 Å². The number of benzene rings is 2. The summed E-state index contributed by atoms with van der Waals surface area (Å²) in [6, 6.07) is 16.6. The van der Waals surface area contributed by atoms with Crippen molar-refractivity contribution >= 4 is 16.9 Å². The minimum atomic E-state index is -0.432. The van der Waals surface area contributed by atoms with Gasteiger partial charge in [0.1, 0.15) is 0 Å². The Morgan fingerprint density at radius 3 is 2.61 bits per heavy atom. The first-order chi connectivity index (χ1) is 13.7. The molecule has 6 heteroatoms. The zero-order valence-electron chi connectivity index (χ0n) is 15.8. The molecule has 0 amide bonds. The molecule has 0 aliphatic carbocycles. The molecule has 0 saturated heterocycles. The normalized spacial score (nSPS) is 10.3. The van der Waals surface area contributed by atoms with Gasteiger partial charge in [-0.15, -0.1) is 0 Å². The van der Waals surface area contributed by atoms with Crippen LogP contribution in [0.4, 0.5) is 0 Å². The van der Waals surface area contributed by atoms with E-state index in [2.05, 4.69) is 4.98 Å². The molecule has 0 spiro atoms. The highest BCUT2D eigenvalue weighted by Crippen LogP contribution is 2.33. The summed E-state index contributed by atoms with van der Waals surface area (Å²) < 4.78 is 16.0. The molecule has 2 aromatic carbocycles. The predicted molar refractivity (Wildman–Crippen MR) is 105 cm³/mol. The van der Waals surface area contributed by atoms with Crippen LogP contribution in [0.25, 0.3) is 22.2 Å². The van der Waals surface area contributed by atoms with E-state index in [0.717, 1.165) is 10.9 Å². The summed E-state index contributed by atoms with van der Waals surface area (Å²) in [5.41, 5.74) is 2.55. The van der Waals surface area contributed by atoms with Crippen molar-refractivity contribution in [1.29, 1.82) is 5.26 Å². The predicted octanol–water partition coefficient (Wildman–Crippen LogP) is 4.38. The van der Waals surface area contributed by atoms with Crippen LogP contribution in [0, 0.1) is 11.3 Å². The summed E-state index contributed by atoms with van der Waals surface area (Å²) >= 11 is 0. The smallest absolute Gasteiger partial charge is 0.338 e. The highest BCUT2D eigenvalue weighted by atomic mass is 16.5. The van der Waals surface area contributed by atoms with Crippen LogP contribution in [0.1, 0.15) is 23.2 Å². The second kappa shape index (κ2) is 8.87. The van der Waals surface area contributed by atoms with E-state index < -0.39 is 5.97 Å². The standard InChI is InChI=1S/C22H20N2O4/c1-26-20-10-9-15(13-21(20)27-2)19-14-17(22(25)28-12-6-5-11-23)16-7-3-4-8-18(16)24-19/h3-4,7-10,13-14H,5-6,12H2,1-2H3. The molecule has 3 aromatic rings. The fourth-order valence-corrected chi connectivity index (χ4v) is 2.88. The van der Waals surface area contributed by atoms with E-state index in [1.54, 1.807) is 26.4 Å². The average Bonchev–Trinajstić information content (AvgIpc) is 2.75. The summed E-state index contributed by atoms with van der Waals surface area (Å²) in [5.74, 6) is 0.762. The lowest BCUT2D eigenvalue weighted by atomic mass is 10.0. The molecular formula is C22H20N2O4. The number of pyridine rings is 1. The number of unbranched alkanes of at least 4 members (excludes halogenated alkanes) is 1. The number of carbonyl (C=O) groups is 1. The minimum absolute atomic E-state index is 0.203. The molecule has 0 unspecified atom stereocenters. The van der Waals surface area contributed by atoms with Crippen molar-refractivity contribution in [2.45, 2.75) is 12.8 Å². The van der Waals surface area contributed by atoms with Crippen LogP contribution in [0.15, 0.2) is 48.5 Å². The molecule has 1 aromatic heterocycles. The Bertz CT molecular complexity index is 1040. The van der Waals surface area contributed by atoms with Gasteiger partial charge in [0.15, 0.2) is 11.5 Å². The maximum atomic E-state index is 12.7. The fourth-order valence-electron chi connectivity index (χ4n) is 2.88. The average molecular weight is 376 g/mol. The molecule has 0 N–H and O–H groups in total. The first-order valence-corrected chi connectivity index (χ1v) is 8.84. The van der Waals surface area contributed by atoms with Gasteiger partial charge in [0.05, 0.1) is 43.7 Å². The van der Waals surface area contributed by atoms with Crippen LogP contribution < -0.4 is 9.47 Å². The van der Waals surface area contributed by atoms with Crippen molar-refractivity contribution in [1.82, 2.24) is 4.98 Å². The van der Waals surface area contributed by atoms with Gasteiger partial charge in [-0.05, 0) is 36.8 Å². The van der Waals surface area contributed by atoms with Crippen LogP contribution in [-0.2, 0) is 4.74 Å². The first kappa shape index (κ1) is 19.2. The van der Waals surface area contributed by atoms with Gasteiger partial charge in [0, 0.05) is 17.4 Å². The van der Waals surface area contributed by atoms with Crippen molar-refractivity contribution in [2.24, 2.45) is 0 Å². The monoisotopic (exact) mass is 376 g/mol. The van der Waals surface area contributed by atoms with E-state index in [-0.39, 0.29) is 6.61 Å². The Kier molecular flexibility index (Phi) is 6.07. The Hall–Kier alpha value is -3.59. The van der Waals surface area contributed by atoms with E-state index in [1.165, 1.54) is 0 Å². The molecule has 28 heavy (non-hydrogen) atoms. The van der Waals surface area contributed by atoms with Crippen molar-refractivity contribution in [3.05, 3.63) is 54.1 Å². The highest BCUT2D eigenvalue weighted by molar-refractivity contribution is 6.04. The number of esters is 1. The number of nitriles is 1. The number of nitrogens with zero attached hydrogens (tertiary/aromatic N) is 2. The van der Waals surface area contributed by atoms with Gasteiger partial charge in [0.2, 0.25) is 0 Å². The number of aromatic nitrogens is 1. The molecule has 142 valence electrons. The number of rotatable bonds is 7. The number of para-hydroxylation sites is 1. The van der Waals surface area contributed by atoms with Gasteiger partial charge < -0.3 is 14.2 Å². The van der Waals surface area contributed by atoms with Crippen LogP contribution in [0.2, 0.25) is 0 Å². The lowest BCUT2D eigenvalue weighted by molar-refractivity contribution is 0.0504. The van der Waals surface area contributed by atoms with Gasteiger partial charge in [0.25, 0.3) is 0 Å². The second-order valence-corrected chi connectivity index (χ2v) is 6.04. The summed E-state index contributed by atoms with van der Waals surface area (Å²) in [6.07, 6.45) is 0.856. The van der Waals surface area contributed by atoms with Crippen molar-refractivity contribution in [3.8, 4) is 28.8 Å². The van der Waals surface area contributed by atoms with E-state index in [1.807, 2.05) is 42.5 Å². The summed E-state index contributed by atoms with van der Waals surface area (Å²) in [7, 11) is 3.14. The lowest BCUT2D eigenvalue weighted by Gasteiger charge is -2.12. The maximum Gasteiger partial charge on any atom is 0.338 e. The summed E-state index contributed by atoms with van der Waals surface area (Å²) in [4.78, 5) is 17.3. The molecule has 3 rings (SSSR count). The largest absolute Gasteiger partial charge is 0.493 e. The van der Waals surface area contributed by atoms with Crippen LogP contribution in [-0.4, -0.2) is 31.8 Å². The number of hydrogen-bond donors (Lipinski definition) is 0. The molecule has 0 bridgehead atoms. The van der Waals surface area contributed by atoms with Crippen molar-refractivity contribution in [3.63, 3.8) is 0 Å². The van der Waals surface area contributed by atoms with E-state index in [0.29, 0.717) is 41.1 Å². The van der Waals surface area contributed by atoms with E-state index in [4.69, 9.17) is 19.5 Å². The SMILES string of the molecule is COc1ccc(-c2cc(C(=O)OCCCC#N)c3ccccc3n2)cc1OC. The Morgan fingerprint density at radius 1 is 1.07 bits per heavy atom. The lowest BCUT2D eigenvalue weighted by Crippen LogP contribution is -2.08. The van der Waals surface area contributed by atoms with E-state index >= 15 is 0 Å². The third-order valence-corrected chi connectivity index (χ3v) is 4.28. The number of ether oxygens (including phenoxy) is 3. The molecule has 0 fully saturated rings.